The maximum atomic E-state index is 13.2. The van der Waals surface area contributed by atoms with E-state index in [9.17, 15) is 13.2 Å². The van der Waals surface area contributed by atoms with Gasteiger partial charge in [-0.05, 0) is 49.0 Å². The summed E-state index contributed by atoms with van der Waals surface area (Å²) in [5, 5.41) is 0. The molecule has 0 saturated carbocycles. The van der Waals surface area contributed by atoms with Crippen LogP contribution in [0.5, 0.6) is 0 Å². The van der Waals surface area contributed by atoms with Crippen molar-refractivity contribution in [3.63, 3.8) is 0 Å². The van der Waals surface area contributed by atoms with Crippen molar-refractivity contribution in [1.29, 1.82) is 0 Å². The van der Waals surface area contributed by atoms with Crippen LogP contribution in [0, 0.1) is 11.7 Å². The molecule has 0 radical (unpaired) electrons. The maximum absolute atomic E-state index is 13.2. The van der Waals surface area contributed by atoms with Crippen LogP contribution in [0.15, 0.2) is 42.5 Å². The van der Waals surface area contributed by atoms with E-state index in [0.717, 1.165) is 11.6 Å². The summed E-state index contributed by atoms with van der Waals surface area (Å²) >= 11 is 5.20. The van der Waals surface area contributed by atoms with Gasteiger partial charge in [0.25, 0.3) is 0 Å². The molecule has 1 heterocycles. The van der Waals surface area contributed by atoms with Crippen molar-refractivity contribution in [2.45, 2.75) is 13.1 Å². The van der Waals surface area contributed by atoms with E-state index in [4.69, 9.17) is 12.2 Å². The van der Waals surface area contributed by atoms with Crippen molar-refractivity contribution < 1.29 is 13.2 Å². The first kappa shape index (κ1) is 13.9. The Bertz CT molecular complexity index is 874. The molecule has 0 aliphatic heterocycles. The molecule has 108 valence electrons. The molecule has 0 atom stereocenters. The van der Waals surface area contributed by atoms with E-state index >= 15 is 0 Å². The first-order chi connectivity index (χ1) is 9.88. The minimum Gasteiger partial charge on any atom is -0.330 e. The number of hydrogen-bond acceptors (Lipinski definition) is 1. The summed E-state index contributed by atoms with van der Waals surface area (Å²) in [6.45, 7) is 1.88. The number of H-pyrrole nitrogens is 1. The Labute approximate surface area is 123 Å². The number of aromatic amines is 1. The molecule has 21 heavy (non-hydrogen) atoms. The molecule has 0 aliphatic carbocycles. The second kappa shape index (κ2) is 4.73. The van der Waals surface area contributed by atoms with Crippen LogP contribution in [0.3, 0.4) is 0 Å². The van der Waals surface area contributed by atoms with Crippen molar-refractivity contribution in [3.05, 3.63) is 58.4 Å². The molecular weight excluding hydrogens is 297 g/mol. The molecule has 3 rings (SSSR count). The summed E-state index contributed by atoms with van der Waals surface area (Å²) in [5.74, 6) is 0. The van der Waals surface area contributed by atoms with Gasteiger partial charge in [0, 0.05) is 0 Å². The third-order valence-corrected chi connectivity index (χ3v) is 3.57. The van der Waals surface area contributed by atoms with Crippen LogP contribution in [0.4, 0.5) is 13.2 Å². The van der Waals surface area contributed by atoms with Crippen molar-refractivity contribution in [1.82, 2.24) is 9.55 Å². The standard InChI is InChI=1S/C15H11F3N2S/c1-9-6-7-11-13(8-9)20(14(21)19-11)12-5-3-2-4-10(12)15(16,17)18/h2-8H,1H3,(H,19,21). The lowest BCUT2D eigenvalue weighted by molar-refractivity contribution is -0.137. The summed E-state index contributed by atoms with van der Waals surface area (Å²) in [5.41, 5.74) is 1.63. The number of aromatic nitrogens is 2. The van der Waals surface area contributed by atoms with Crippen LogP contribution in [-0.4, -0.2) is 9.55 Å². The Kier molecular flexibility index (Phi) is 3.13. The van der Waals surface area contributed by atoms with E-state index in [0.29, 0.717) is 11.0 Å². The van der Waals surface area contributed by atoms with Gasteiger partial charge in [-0.25, -0.2) is 0 Å². The number of para-hydroxylation sites is 1. The Morgan fingerprint density at radius 2 is 1.81 bits per heavy atom. The molecule has 0 saturated heterocycles. The zero-order valence-corrected chi connectivity index (χ0v) is 11.8. The van der Waals surface area contributed by atoms with Gasteiger partial charge in [0.05, 0.1) is 22.3 Å². The summed E-state index contributed by atoms with van der Waals surface area (Å²) in [7, 11) is 0. The molecular formula is C15H11F3N2S. The maximum Gasteiger partial charge on any atom is 0.418 e. The van der Waals surface area contributed by atoms with Gasteiger partial charge < -0.3 is 4.98 Å². The lowest BCUT2D eigenvalue weighted by Gasteiger charge is -2.14. The Balaban J connectivity index is 2.39. The number of rotatable bonds is 1. The molecule has 0 unspecified atom stereocenters. The van der Waals surface area contributed by atoms with Crippen molar-refractivity contribution in [3.8, 4) is 5.69 Å². The monoisotopic (exact) mass is 308 g/mol. The van der Waals surface area contributed by atoms with Crippen LogP contribution >= 0.6 is 12.2 Å². The van der Waals surface area contributed by atoms with E-state index in [1.807, 2.05) is 25.1 Å². The molecule has 0 bridgehead atoms. The molecule has 0 spiro atoms. The van der Waals surface area contributed by atoms with E-state index in [1.165, 1.54) is 16.7 Å². The molecule has 1 N–H and O–H groups in total. The largest absolute Gasteiger partial charge is 0.418 e. The third-order valence-electron chi connectivity index (χ3n) is 3.29. The quantitative estimate of drug-likeness (QED) is 0.626. The first-order valence-electron chi connectivity index (χ1n) is 6.26. The number of aryl methyl sites for hydroxylation is 1. The minimum atomic E-state index is -4.43. The summed E-state index contributed by atoms with van der Waals surface area (Å²) in [6.07, 6.45) is -4.43. The average molecular weight is 308 g/mol. The number of hydrogen-bond donors (Lipinski definition) is 1. The zero-order valence-electron chi connectivity index (χ0n) is 11.0. The van der Waals surface area contributed by atoms with Crippen LogP contribution in [-0.2, 0) is 6.18 Å². The van der Waals surface area contributed by atoms with Gasteiger partial charge in [-0.2, -0.15) is 13.2 Å². The van der Waals surface area contributed by atoms with Gasteiger partial charge in [-0.15, -0.1) is 0 Å². The van der Waals surface area contributed by atoms with Gasteiger partial charge in [0.1, 0.15) is 0 Å². The lowest BCUT2D eigenvalue weighted by Crippen LogP contribution is -2.10. The summed E-state index contributed by atoms with van der Waals surface area (Å²) < 4.78 is 41.3. The van der Waals surface area contributed by atoms with Gasteiger partial charge in [-0.1, -0.05) is 18.2 Å². The molecule has 1 aromatic heterocycles. The first-order valence-corrected chi connectivity index (χ1v) is 6.67. The smallest absolute Gasteiger partial charge is 0.330 e. The molecule has 2 aromatic carbocycles. The molecule has 6 heteroatoms. The number of benzene rings is 2. The highest BCUT2D eigenvalue weighted by molar-refractivity contribution is 7.71. The average Bonchev–Trinajstić information content (AvgIpc) is 2.73. The Morgan fingerprint density at radius 3 is 2.52 bits per heavy atom. The predicted octanol–water partition coefficient (Wildman–Crippen LogP) is 5.02. The fraction of sp³-hybridized carbons (Fsp3) is 0.133. The molecule has 0 aliphatic rings. The second-order valence-corrected chi connectivity index (χ2v) is 5.19. The number of nitrogens with one attached hydrogen (secondary N) is 1. The number of halogens is 3. The molecule has 0 fully saturated rings. The summed E-state index contributed by atoms with van der Waals surface area (Å²) in [4.78, 5) is 2.94. The van der Waals surface area contributed by atoms with Crippen LogP contribution < -0.4 is 0 Å². The normalized spacial score (nSPS) is 12.0. The Hall–Kier alpha value is -2.08. The predicted molar refractivity (Wildman–Crippen MR) is 78.2 cm³/mol. The van der Waals surface area contributed by atoms with E-state index in [2.05, 4.69) is 4.98 Å². The SMILES string of the molecule is Cc1ccc2[nH]c(=S)n(-c3ccccc3C(F)(F)F)c2c1. The number of alkyl halides is 3. The summed E-state index contributed by atoms with van der Waals surface area (Å²) in [6, 6.07) is 10.9. The minimum absolute atomic E-state index is 0.0341. The van der Waals surface area contributed by atoms with Gasteiger partial charge in [0.15, 0.2) is 4.77 Å². The van der Waals surface area contributed by atoms with Crippen LogP contribution in [0.2, 0.25) is 0 Å². The molecule has 0 amide bonds. The number of fused-ring (bicyclic) bond motifs is 1. The van der Waals surface area contributed by atoms with Crippen molar-refractivity contribution in [2.24, 2.45) is 0 Å². The second-order valence-electron chi connectivity index (χ2n) is 4.80. The van der Waals surface area contributed by atoms with E-state index < -0.39 is 11.7 Å². The highest BCUT2D eigenvalue weighted by Gasteiger charge is 2.34. The van der Waals surface area contributed by atoms with Crippen LogP contribution in [0.1, 0.15) is 11.1 Å². The Morgan fingerprint density at radius 1 is 1.10 bits per heavy atom. The van der Waals surface area contributed by atoms with Gasteiger partial charge >= 0.3 is 6.18 Å². The third kappa shape index (κ3) is 2.35. The zero-order chi connectivity index (χ0) is 15.2. The van der Waals surface area contributed by atoms with E-state index in [1.54, 1.807) is 6.07 Å². The van der Waals surface area contributed by atoms with E-state index in [-0.39, 0.29) is 10.5 Å². The van der Waals surface area contributed by atoms with Crippen molar-refractivity contribution >= 4 is 23.3 Å². The number of nitrogens with zero attached hydrogens (tertiary/aromatic N) is 1. The topological polar surface area (TPSA) is 20.7 Å². The fourth-order valence-corrected chi connectivity index (χ4v) is 2.67. The highest BCUT2D eigenvalue weighted by Crippen LogP contribution is 2.35. The van der Waals surface area contributed by atoms with Crippen LogP contribution in [0.25, 0.3) is 16.7 Å². The molecule has 2 nitrogen and oxygen atoms in total. The van der Waals surface area contributed by atoms with Gasteiger partial charge in [0.2, 0.25) is 0 Å². The lowest BCUT2D eigenvalue weighted by atomic mass is 10.1. The van der Waals surface area contributed by atoms with Crippen molar-refractivity contribution in [2.75, 3.05) is 0 Å². The van der Waals surface area contributed by atoms with Gasteiger partial charge in [-0.3, -0.25) is 4.57 Å². The number of imidazole rings is 1. The fourth-order valence-electron chi connectivity index (χ4n) is 2.36. The highest BCUT2D eigenvalue weighted by atomic mass is 32.1. The molecule has 3 aromatic rings.